The van der Waals surface area contributed by atoms with Crippen LogP contribution in [0.3, 0.4) is 0 Å². The maximum atomic E-state index is 12.8. The van der Waals surface area contributed by atoms with Crippen molar-refractivity contribution in [3.05, 3.63) is 46.7 Å². The highest BCUT2D eigenvalue weighted by Crippen LogP contribution is 2.43. The van der Waals surface area contributed by atoms with Crippen molar-refractivity contribution in [3.63, 3.8) is 0 Å². The molecule has 0 unspecified atom stereocenters. The quantitative estimate of drug-likeness (QED) is 0.448. The summed E-state index contributed by atoms with van der Waals surface area (Å²) in [4.78, 5) is 36.7. The van der Waals surface area contributed by atoms with Gasteiger partial charge in [0.05, 0.1) is 12.1 Å². The zero-order chi connectivity index (χ0) is 28.5. The molecule has 206 valence electrons. The molecule has 39 heavy (non-hydrogen) atoms. The van der Waals surface area contributed by atoms with Crippen molar-refractivity contribution in [2.24, 2.45) is 5.41 Å². The van der Waals surface area contributed by atoms with Crippen LogP contribution in [0.15, 0.2) is 30.3 Å². The molecule has 0 saturated carbocycles. The Morgan fingerprint density at radius 3 is 2.59 bits per heavy atom. The zero-order valence-corrected chi connectivity index (χ0v) is 23.7. The lowest BCUT2D eigenvalue weighted by atomic mass is 9.90. The van der Waals surface area contributed by atoms with Crippen molar-refractivity contribution >= 4 is 35.1 Å². The molecular weight excluding hydrogens is 522 g/mol. The Labute approximate surface area is 232 Å². The van der Waals surface area contributed by atoms with Gasteiger partial charge in [0.2, 0.25) is 5.82 Å². The molecule has 0 spiro atoms. The largest absolute Gasteiger partial charge is 0.444 e. The van der Waals surface area contributed by atoms with Gasteiger partial charge < -0.3 is 15.0 Å². The molecule has 0 aliphatic carbocycles. The molecule has 1 aromatic carbocycles. The number of nitrogens with zero attached hydrogens (tertiary/aromatic N) is 6. The molecule has 2 amide bonds. The number of aromatic nitrogens is 3. The minimum Gasteiger partial charge on any atom is -0.444 e. The van der Waals surface area contributed by atoms with Crippen LogP contribution in [0.25, 0.3) is 16.8 Å². The lowest BCUT2D eigenvalue weighted by Gasteiger charge is -2.28. The van der Waals surface area contributed by atoms with Crippen LogP contribution in [0.5, 0.6) is 0 Å². The smallest absolute Gasteiger partial charge is 0.407 e. The second-order valence-corrected chi connectivity index (χ2v) is 11.2. The van der Waals surface area contributed by atoms with E-state index in [4.69, 9.17) is 21.2 Å². The third kappa shape index (κ3) is 5.77. The summed E-state index contributed by atoms with van der Waals surface area (Å²) in [6.07, 6.45) is 0.279. The molecular formula is C27H32ClN7O4. The summed E-state index contributed by atoms with van der Waals surface area (Å²) in [5, 5.41) is 18.7. The van der Waals surface area contributed by atoms with Crippen molar-refractivity contribution in [3.8, 4) is 17.2 Å². The molecule has 11 nitrogen and oxygen atoms in total. The van der Waals surface area contributed by atoms with E-state index in [0.717, 1.165) is 17.0 Å². The van der Waals surface area contributed by atoms with E-state index in [1.807, 2.05) is 51.1 Å². The first kappa shape index (κ1) is 28.1. The van der Waals surface area contributed by atoms with E-state index in [0.29, 0.717) is 31.0 Å². The number of halogens is 1. The first-order chi connectivity index (χ1) is 18.4. The third-order valence-corrected chi connectivity index (χ3v) is 6.91. The Hall–Kier alpha value is -3.88. The third-order valence-electron chi connectivity index (χ3n) is 6.54. The van der Waals surface area contributed by atoms with Crippen LogP contribution in [0, 0.1) is 16.7 Å². The first-order valence-electron chi connectivity index (χ1n) is 12.5. The summed E-state index contributed by atoms with van der Waals surface area (Å²) in [6.45, 7) is 9.09. The van der Waals surface area contributed by atoms with Crippen LogP contribution >= 0.6 is 11.6 Å². The van der Waals surface area contributed by atoms with Crippen LogP contribution < -0.4 is 10.2 Å². The number of hydrogen-bond donors (Lipinski definition) is 1. The van der Waals surface area contributed by atoms with Crippen molar-refractivity contribution in [2.75, 3.05) is 38.7 Å². The number of amides is 2. The van der Waals surface area contributed by atoms with E-state index >= 15 is 0 Å². The standard InChI is InChI=1S/C27H32ClN7O4/c1-26(2,3)39-25(37)30-15-27(4)12-13-34(16-27)23-19(17-10-8-7-9-11-17)20(28)18(14-29)22-31-21(32-35(22)23)24(36)33(5)38-6/h7-11H,12-13,15-16H2,1-6H3,(H,30,37)/t27-/m0/s1. The number of pyridine rings is 1. The fraction of sp³-hybridized carbons (Fsp3) is 0.444. The predicted octanol–water partition coefficient (Wildman–Crippen LogP) is 4.30. The summed E-state index contributed by atoms with van der Waals surface area (Å²) in [6, 6.07) is 11.6. The maximum absolute atomic E-state index is 12.8. The summed E-state index contributed by atoms with van der Waals surface area (Å²) in [7, 11) is 2.81. The number of alkyl carbamates (subject to hydrolysis) is 1. The maximum Gasteiger partial charge on any atom is 0.407 e. The molecule has 0 radical (unpaired) electrons. The van der Waals surface area contributed by atoms with Crippen molar-refractivity contribution < 1.29 is 19.2 Å². The number of rotatable bonds is 6. The molecule has 1 aliphatic rings. The molecule has 3 aromatic rings. The number of carbonyl (C=O) groups is 2. The fourth-order valence-corrected chi connectivity index (χ4v) is 4.88. The second kappa shape index (κ2) is 10.7. The highest BCUT2D eigenvalue weighted by atomic mass is 35.5. The lowest BCUT2D eigenvalue weighted by Crippen LogP contribution is -2.40. The number of hydroxylamine groups is 2. The number of benzene rings is 1. The summed E-state index contributed by atoms with van der Waals surface area (Å²) in [5.74, 6) is -0.0963. The predicted molar refractivity (Wildman–Crippen MR) is 146 cm³/mol. The van der Waals surface area contributed by atoms with Gasteiger partial charge in [-0.1, -0.05) is 48.9 Å². The van der Waals surface area contributed by atoms with Gasteiger partial charge in [0, 0.05) is 37.7 Å². The van der Waals surface area contributed by atoms with Gasteiger partial charge in [0.15, 0.2) is 5.65 Å². The van der Waals surface area contributed by atoms with Gasteiger partial charge in [-0.3, -0.25) is 9.63 Å². The van der Waals surface area contributed by atoms with Gasteiger partial charge in [0.1, 0.15) is 23.1 Å². The Bertz CT molecular complexity index is 1440. The van der Waals surface area contributed by atoms with Crippen LogP contribution in [0.2, 0.25) is 5.02 Å². The molecule has 3 heterocycles. The second-order valence-electron chi connectivity index (χ2n) is 10.9. The van der Waals surface area contributed by atoms with Gasteiger partial charge in [-0.2, -0.15) is 9.78 Å². The molecule has 1 N–H and O–H groups in total. The number of nitriles is 1. The van der Waals surface area contributed by atoms with E-state index in [9.17, 15) is 14.9 Å². The Balaban J connectivity index is 1.81. The highest BCUT2D eigenvalue weighted by Gasteiger charge is 2.38. The van der Waals surface area contributed by atoms with Crippen molar-refractivity contribution in [1.82, 2.24) is 25.0 Å². The van der Waals surface area contributed by atoms with Gasteiger partial charge in [-0.25, -0.2) is 14.8 Å². The van der Waals surface area contributed by atoms with E-state index in [2.05, 4.69) is 33.3 Å². The van der Waals surface area contributed by atoms with Crippen molar-refractivity contribution in [1.29, 1.82) is 5.26 Å². The van der Waals surface area contributed by atoms with E-state index in [1.165, 1.54) is 18.7 Å². The molecule has 4 rings (SSSR count). The molecule has 12 heteroatoms. The van der Waals surface area contributed by atoms with E-state index in [1.54, 1.807) is 0 Å². The van der Waals surface area contributed by atoms with Gasteiger partial charge in [0.25, 0.3) is 0 Å². The SMILES string of the molecule is CON(C)C(=O)c1nc2c(C#N)c(Cl)c(-c3ccccc3)c(N3CC[C@@](C)(CNC(=O)OC(C)(C)C)C3)n2n1. The Morgan fingerprint density at radius 1 is 1.28 bits per heavy atom. The van der Waals surface area contributed by atoms with Crippen LogP contribution in [0.1, 0.15) is 50.3 Å². The zero-order valence-electron chi connectivity index (χ0n) is 22.9. The molecule has 1 aliphatic heterocycles. The number of hydrogen-bond acceptors (Lipinski definition) is 8. The summed E-state index contributed by atoms with van der Waals surface area (Å²) < 4.78 is 6.91. The molecule has 1 saturated heterocycles. The van der Waals surface area contributed by atoms with Gasteiger partial charge in [-0.15, -0.1) is 5.10 Å². The van der Waals surface area contributed by atoms with E-state index < -0.39 is 17.6 Å². The first-order valence-corrected chi connectivity index (χ1v) is 12.9. The van der Waals surface area contributed by atoms with Gasteiger partial charge >= 0.3 is 12.0 Å². The van der Waals surface area contributed by atoms with Crippen LogP contribution in [-0.4, -0.2) is 71.1 Å². The lowest BCUT2D eigenvalue weighted by molar-refractivity contribution is -0.0764. The number of fused-ring (bicyclic) bond motifs is 1. The molecule has 0 bridgehead atoms. The summed E-state index contributed by atoms with van der Waals surface area (Å²) >= 11 is 6.90. The molecule has 1 fully saturated rings. The van der Waals surface area contributed by atoms with Crippen LogP contribution in [-0.2, 0) is 9.57 Å². The minimum atomic E-state index is -0.596. The Kier molecular flexibility index (Phi) is 7.73. The Morgan fingerprint density at radius 2 is 1.97 bits per heavy atom. The number of carbonyl (C=O) groups excluding carboxylic acids is 2. The highest BCUT2D eigenvalue weighted by molar-refractivity contribution is 6.35. The average molecular weight is 554 g/mol. The number of ether oxygens (including phenoxy) is 1. The molecule has 2 aromatic heterocycles. The van der Waals surface area contributed by atoms with E-state index in [-0.39, 0.29) is 27.5 Å². The summed E-state index contributed by atoms with van der Waals surface area (Å²) in [5.41, 5.74) is 0.780. The minimum absolute atomic E-state index is 0.111. The van der Waals surface area contributed by atoms with Crippen LogP contribution in [0.4, 0.5) is 10.6 Å². The fourth-order valence-electron chi connectivity index (χ4n) is 4.56. The number of anilines is 1. The monoisotopic (exact) mass is 553 g/mol. The topological polar surface area (TPSA) is 125 Å². The average Bonchev–Trinajstić information content (AvgIpc) is 3.50. The molecule has 1 atom stereocenters. The normalized spacial score (nSPS) is 17.2. The van der Waals surface area contributed by atoms with Crippen molar-refractivity contribution in [2.45, 2.75) is 39.7 Å². The number of nitrogens with one attached hydrogen (secondary N) is 1. The van der Waals surface area contributed by atoms with Gasteiger partial charge in [-0.05, 0) is 32.8 Å².